The van der Waals surface area contributed by atoms with E-state index in [1.165, 1.54) is 0 Å². The second kappa shape index (κ2) is 4.19. The highest BCUT2D eigenvalue weighted by Crippen LogP contribution is 2.06. The van der Waals surface area contributed by atoms with Crippen molar-refractivity contribution >= 4 is 22.1 Å². The normalized spacial score (nSPS) is 13.6. The fraction of sp³-hybridized carbons (Fsp3) is 0.600. The molecule has 13 heavy (non-hydrogen) atoms. The summed E-state index contributed by atoms with van der Waals surface area (Å²) in [7, 11) is -4.46. The summed E-state index contributed by atoms with van der Waals surface area (Å²) >= 11 is 0. The standard InChI is InChI=1S/C5H8O7S/c6-4(7)1-3(5(8)9)2-13(10,11)12/h3H,1-2H2,(H,6,7)(H,8,9)(H,10,11,12)/t3-/m1/s1. The summed E-state index contributed by atoms with van der Waals surface area (Å²) in [5.41, 5.74) is 0. The van der Waals surface area contributed by atoms with E-state index in [1.807, 2.05) is 0 Å². The number of aliphatic carboxylic acids is 2. The molecule has 0 heterocycles. The lowest BCUT2D eigenvalue weighted by atomic mass is 10.1. The van der Waals surface area contributed by atoms with Gasteiger partial charge in [-0.15, -0.1) is 0 Å². The summed E-state index contributed by atoms with van der Waals surface area (Å²) in [5.74, 6) is -5.71. The van der Waals surface area contributed by atoms with E-state index in [0.717, 1.165) is 0 Å². The fourth-order valence-corrected chi connectivity index (χ4v) is 1.45. The molecule has 0 unspecified atom stereocenters. The predicted molar refractivity (Wildman–Crippen MR) is 39.8 cm³/mol. The van der Waals surface area contributed by atoms with Crippen molar-refractivity contribution < 1.29 is 32.8 Å². The van der Waals surface area contributed by atoms with E-state index in [4.69, 9.17) is 14.8 Å². The molecule has 0 rings (SSSR count). The number of hydrogen-bond acceptors (Lipinski definition) is 4. The molecular weight excluding hydrogens is 204 g/mol. The van der Waals surface area contributed by atoms with Crippen molar-refractivity contribution in [2.75, 3.05) is 5.75 Å². The minimum atomic E-state index is -4.46. The smallest absolute Gasteiger partial charge is 0.308 e. The van der Waals surface area contributed by atoms with Crippen molar-refractivity contribution in [3.8, 4) is 0 Å². The minimum absolute atomic E-state index is 0.838. The third kappa shape index (κ3) is 6.05. The summed E-state index contributed by atoms with van der Waals surface area (Å²) in [6.07, 6.45) is -0.838. The first-order valence-corrected chi connectivity index (χ1v) is 4.73. The molecule has 0 spiro atoms. The summed E-state index contributed by atoms with van der Waals surface area (Å²) in [6.45, 7) is 0. The van der Waals surface area contributed by atoms with Crippen LogP contribution in [-0.2, 0) is 19.7 Å². The van der Waals surface area contributed by atoms with Crippen LogP contribution in [0.15, 0.2) is 0 Å². The molecule has 0 bridgehead atoms. The fourth-order valence-electron chi connectivity index (χ4n) is 0.683. The quantitative estimate of drug-likeness (QED) is 0.501. The molecule has 0 aromatic heterocycles. The van der Waals surface area contributed by atoms with Crippen molar-refractivity contribution in [2.45, 2.75) is 6.42 Å². The molecule has 0 aromatic carbocycles. The van der Waals surface area contributed by atoms with Crippen molar-refractivity contribution in [2.24, 2.45) is 5.92 Å². The van der Waals surface area contributed by atoms with Crippen LogP contribution >= 0.6 is 0 Å². The van der Waals surface area contributed by atoms with Crippen LogP contribution in [0.25, 0.3) is 0 Å². The van der Waals surface area contributed by atoms with E-state index in [1.54, 1.807) is 0 Å². The highest BCUT2D eigenvalue weighted by Gasteiger charge is 2.26. The Morgan fingerprint density at radius 3 is 1.92 bits per heavy atom. The molecule has 3 N–H and O–H groups in total. The maximum absolute atomic E-state index is 10.3. The van der Waals surface area contributed by atoms with Gasteiger partial charge in [0.05, 0.1) is 18.1 Å². The van der Waals surface area contributed by atoms with Crippen molar-refractivity contribution in [1.29, 1.82) is 0 Å². The second-order valence-corrected chi connectivity index (χ2v) is 3.88. The van der Waals surface area contributed by atoms with Crippen LogP contribution in [0.4, 0.5) is 0 Å². The first-order valence-electron chi connectivity index (χ1n) is 3.12. The van der Waals surface area contributed by atoms with E-state index in [9.17, 15) is 18.0 Å². The van der Waals surface area contributed by atoms with E-state index in [2.05, 4.69) is 0 Å². The van der Waals surface area contributed by atoms with Gasteiger partial charge in [-0.05, 0) is 0 Å². The molecular formula is C5H8O7S. The van der Waals surface area contributed by atoms with E-state index >= 15 is 0 Å². The third-order valence-electron chi connectivity index (χ3n) is 1.18. The Balaban J connectivity index is 4.45. The van der Waals surface area contributed by atoms with E-state index in [0.29, 0.717) is 0 Å². The zero-order valence-corrected chi connectivity index (χ0v) is 7.19. The van der Waals surface area contributed by atoms with Gasteiger partial charge in [-0.25, -0.2) is 0 Å². The van der Waals surface area contributed by atoms with Crippen LogP contribution in [-0.4, -0.2) is 40.9 Å². The lowest BCUT2D eigenvalue weighted by molar-refractivity contribution is -0.147. The Kier molecular flexibility index (Phi) is 3.82. The monoisotopic (exact) mass is 212 g/mol. The van der Waals surface area contributed by atoms with Gasteiger partial charge in [0.2, 0.25) is 0 Å². The summed E-state index contributed by atoms with van der Waals surface area (Å²) in [5, 5.41) is 16.5. The third-order valence-corrected chi connectivity index (χ3v) is 2.01. The number of rotatable bonds is 5. The Morgan fingerprint density at radius 1 is 1.23 bits per heavy atom. The molecule has 0 aromatic rings. The summed E-state index contributed by atoms with van der Waals surface area (Å²) in [4.78, 5) is 20.3. The van der Waals surface area contributed by atoms with Gasteiger partial charge in [0.25, 0.3) is 10.1 Å². The summed E-state index contributed by atoms with van der Waals surface area (Å²) < 4.78 is 28.7. The molecule has 0 radical (unpaired) electrons. The Morgan fingerprint density at radius 2 is 1.69 bits per heavy atom. The van der Waals surface area contributed by atoms with Gasteiger partial charge in [-0.3, -0.25) is 14.1 Å². The molecule has 0 aliphatic carbocycles. The van der Waals surface area contributed by atoms with Crippen molar-refractivity contribution in [3.05, 3.63) is 0 Å². The first-order chi connectivity index (χ1) is 5.72. The molecule has 0 fully saturated rings. The largest absolute Gasteiger partial charge is 0.481 e. The lowest BCUT2D eigenvalue weighted by Crippen LogP contribution is -2.25. The number of carboxylic acids is 2. The van der Waals surface area contributed by atoms with Gasteiger partial charge in [0, 0.05) is 0 Å². The van der Waals surface area contributed by atoms with Gasteiger partial charge in [-0.2, -0.15) is 8.42 Å². The van der Waals surface area contributed by atoms with Gasteiger partial charge < -0.3 is 10.2 Å². The molecule has 0 aliphatic heterocycles. The van der Waals surface area contributed by atoms with Crippen LogP contribution in [0, 0.1) is 5.92 Å². The van der Waals surface area contributed by atoms with E-state index < -0.39 is 40.1 Å². The molecule has 0 saturated heterocycles. The summed E-state index contributed by atoms with van der Waals surface area (Å²) in [6, 6.07) is 0. The predicted octanol–water partition coefficient (Wildman–Crippen LogP) is -0.950. The Hall–Kier alpha value is -1.15. The molecule has 8 heteroatoms. The van der Waals surface area contributed by atoms with Crippen molar-refractivity contribution in [3.63, 3.8) is 0 Å². The maximum Gasteiger partial charge on any atom is 0.308 e. The van der Waals surface area contributed by atoms with Crippen LogP contribution in [0.3, 0.4) is 0 Å². The SMILES string of the molecule is O=C(O)C[C@H](CS(=O)(=O)O)C(=O)O. The van der Waals surface area contributed by atoms with Crippen LogP contribution in [0.2, 0.25) is 0 Å². The van der Waals surface area contributed by atoms with Gasteiger partial charge in [0.1, 0.15) is 0 Å². The zero-order valence-electron chi connectivity index (χ0n) is 6.37. The van der Waals surface area contributed by atoms with Gasteiger partial charge in [0.15, 0.2) is 0 Å². The van der Waals surface area contributed by atoms with E-state index in [-0.39, 0.29) is 0 Å². The molecule has 0 aliphatic rings. The molecule has 0 saturated carbocycles. The lowest BCUT2D eigenvalue weighted by Gasteiger charge is -2.06. The average Bonchev–Trinajstić information content (AvgIpc) is 1.81. The van der Waals surface area contributed by atoms with Crippen LogP contribution < -0.4 is 0 Å². The topological polar surface area (TPSA) is 129 Å². The highest BCUT2D eigenvalue weighted by atomic mass is 32.2. The van der Waals surface area contributed by atoms with Gasteiger partial charge >= 0.3 is 11.9 Å². The van der Waals surface area contributed by atoms with Gasteiger partial charge in [-0.1, -0.05) is 0 Å². The number of carboxylic acid groups (broad SMARTS) is 2. The molecule has 1 atom stereocenters. The van der Waals surface area contributed by atoms with Crippen LogP contribution in [0.5, 0.6) is 0 Å². The molecule has 0 amide bonds. The highest BCUT2D eigenvalue weighted by molar-refractivity contribution is 7.85. The number of hydrogen-bond donors (Lipinski definition) is 3. The second-order valence-electron chi connectivity index (χ2n) is 2.38. The van der Waals surface area contributed by atoms with Crippen LogP contribution in [0.1, 0.15) is 6.42 Å². The minimum Gasteiger partial charge on any atom is -0.481 e. The average molecular weight is 212 g/mol. The maximum atomic E-state index is 10.3. The molecule has 7 nitrogen and oxygen atoms in total. The zero-order chi connectivity index (χ0) is 10.6. The molecule has 76 valence electrons. The number of carbonyl (C=O) groups is 2. The first kappa shape index (κ1) is 11.8. The Bertz CT molecular complexity index is 303. The Labute approximate surface area is 73.7 Å². The van der Waals surface area contributed by atoms with Crippen molar-refractivity contribution in [1.82, 2.24) is 0 Å².